The maximum atomic E-state index is 12.0. The molecular formula is C11H20N2O4. The zero-order valence-electron chi connectivity index (χ0n) is 10.2. The van der Waals surface area contributed by atoms with Crippen LogP contribution in [0.1, 0.15) is 26.7 Å². The van der Waals surface area contributed by atoms with Gasteiger partial charge in [-0.1, -0.05) is 13.8 Å². The number of carboxylic acids is 1. The normalized spacial score (nSPS) is 24.6. The third-order valence-corrected chi connectivity index (χ3v) is 3.43. The maximum Gasteiger partial charge on any atom is 0.311 e. The molecule has 2 unspecified atom stereocenters. The van der Waals surface area contributed by atoms with Crippen molar-refractivity contribution in [3.8, 4) is 0 Å². The van der Waals surface area contributed by atoms with E-state index in [1.165, 1.54) is 0 Å². The van der Waals surface area contributed by atoms with Gasteiger partial charge in [0.1, 0.15) is 5.92 Å². The van der Waals surface area contributed by atoms with Crippen LogP contribution in [0.2, 0.25) is 0 Å². The van der Waals surface area contributed by atoms with Crippen molar-refractivity contribution in [1.29, 1.82) is 0 Å². The number of nitrogens with one attached hydrogen (secondary N) is 1. The monoisotopic (exact) mass is 244 g/mol. The molecule has 0 spiro atoms. The molecule has 1 fully saturated rings. The molecule has 1 rings (SSSR count). The van der Waals surface area contributed by atoms with Crippen LogP contribution < -0.4 is 11.1 Å². The minimum absolute atomic E-state index is 0.135. The molecule has 98 valence electrons. The Morgan fingerprint density at radius 1 is 1.41 bits per heavy atom. The average molecular weight is 244 g/mol. The van der Waals surface area contributed by atoms with Crippen LogP contribution in [0.25, 0.3) is 0 Å². The van der Waals surface area contributed by atoms with Gasteiger partial charge in [0.25, 0.3) is 0 Å². The van der Waals surface area contributed by atoms with E-state index in [1.807, 2.05) is 13.8 Å². The van der Waals surface area contributed by atoms with E-state index >= 15 is 0 Å². The lowest BCUT2D eigenvalue weighted by molar-refractivity contribution is -0.142. The SMILES string of the molecule is CCC(N)(CC)C(=O)NC1COCC1C(=O)O. The first-order chi connectivity index (χ1) is 7.94. The van der Waals surface area contributed by atoms with Crippen LogP contribution >= 0.6 is 0 Å². The van der Waals surface area contributed by atoms with Crippen molar-refractivity contribution >= 4 is 11.9 Å². The highest BCUT2D eigenvalue weighted by Crippen LogP contribution is 2.17. The highest BCUT2D eigenvalue weighted by molar-refractivity contribution is 5.86. The molecule has 1 heterocycles. The molecule has 0 aromatic rings. The highest BCUT2D eigenvalue weighted by Gasteiger charge is 2.38. The summed E-state index contributed by atoms with van der Waals surface area (Å²) in [7, 11) is 0. The van der Waals surface area contributed by atoms with Crippen LogP contribution in [0.15, 0.2) is 0 Å². The number of carbonyl (C=O) groups is 2. The Balaban J connectivity index is 2.65. The minimum Gasteiger partial charge on any atom is -0.481 e. The van der Waals surface area contributed by atoms with E-state index in [0.29, 0.717) is 12.8 Å². The molecule has 0 saturated carbocycles. The third kappa shape index (κ3) is 2.95. The van der Waals surface area contributed by atoms with Gasteiger partial charge in [-0.2, -0.15) is 0 Å². The number of aliphatic carboxylic acids is 1. The molecule has 0 bridgehead atoms. The summed E-state index contributed by atoms with van der Waals surface area (Å²) in [5.41, 5.74) is 5.01. The number of amides is 1. The largest absolute Gasteiger partial charge is 0.481 e. The first kappa shape index (κ1) is 13.9. The quantitative estimate of drug-likeness (QED) is 0.617. The number of nitrogens with two attached hydrogens (primary N) is 1. The van der Waals surface area contributed by atoms with Crippen molar-refractivity contribution in [2.75, 3.05) is 13.2 Å². The standard InChI is InChI=1S/C11H20N2O4/c1-3-11(12,4-2)10(16)13-8-6-17-5-7(8)9(14)15/h7-8H,3-6,12H2,1-2H3,(H,13,16)(H,14,15). The molecule has 17 heavy (non-hydrogen) atoms. The first-order valence-electron chi connectivity index (χ1n) is 5.85. The lowest BCUT2D eigenvalue weighted by atomic mass is 9.92. The van der Waals surface area contributed by atoms with Gasteiger partial charge in [0.05, 0.1) is 24.8 Å². The van der Waals surface area contributed by atoms with E-state index in [1.54, 1.807) is 0 Å². The average Bonchev–Trinajstić information content (AvgIpc) is 2.76. The van der Waals surface area contributed by atoms with E-state index < -0.39 is 23.5 Å². The Morgan fingerprint density at radius 3 is 2.47 bits per heavy atom. The second kappa shape index (κ2) is 5.46. The van der Waals surface area contributed by atoms with Crippen molar-refractivity contribution in [3.63, 3.8) is 0 Å². The third-order valence-electron chi connectivity index (χ3n) is 3.43. The minimum atomic E-state index is -0.955. The fraction of sp³-hybridized carbons (Fsp3) is 0.818. The van der Waals surface area contributed by atoms with E-state index in [2.05, 4.69) is 5.32 Å². The zero-order chi connectivity index (χ0) is 13.1. The lowest BCUT2D eigenvalue weighted by Gasteiger charge is -2.27. The van der Waals surface area contributed by atoms with Gasteiger partial charge in [-0.05, 0) is 12.8 Å². The van der Waals surface area contributed by atoms with E-state index in [0.717, 1.165) is 0 Å². The van der Waals surface area contributed by atoms with Crippen molar-refractivity contribution in [1.82, 2.24) is 5.32 Å². The summed E-state index contributed by atoms with van der Waals surface area (Å²) >= 11 is 0. The van der Waals surface area contributed by atoms with Gasteiger partial charge < -0.3 is 20.9 Å². The molecule has 0 aromatic carbocycles. The Hall–Kier alpha value is -1.14. The first-order valence-corrected chi connectivity index (χ1v) is 5.85. The molecular weight excluding hydrogens is 224 g/mol. The molecule has 0 radical (unpaired) electrons. The number of hydrogen-bond donors (Lipinski definition) is 3. The summed E-state index contributed by atoms with van der Waals surface area (Å²) in [6.07, 6.45) is 1.03. The van der Waals surface area contributed by atoms with Crippen LogP contribution in [0.5, 0.6) is 0 Å². The predicted molar refractivity (Wildman–Crippen MR) is 61.4 cm³/mol. The van der Waals surface area contributed by atoms with Crippen LogP contribution in [-0.2, 0) is 14.3 Å². The van der Waals surface area contributed by atoms with E-state index in [-0.39, 0.29) is 19.1 Å². The van der Waals surface area contributed by atoms with Gasteiger partial charge >= 0.3 is 5.97 Å². The van der Waals surface area contributed by atoms with Crippen LogP contribution in [0, 0.1) is 5.92 Å². The zero-order valence-corrected chi connectivity index (χ0v) is 10.2. The molecule has 1 amide bonds. The Labute approximate surface area is 101 Å². The summed E-state index contributed by atoms with van der Waals surface area (Å²) in [5, 5.41) is 11.6. The summed E-state index contributed by atoms with van der Waals surface area (Å²) in [5.74, 6) is -1.94. The smallest absolute Gasteiger partial charge is 0.311 e. The number of rotatable bonds is 5. The molecule has 1 aliphatic heterocycles. The Morgan fingerprint density at radius 2 is 2.00 bits per heavy atom. The molecule has 0 aliphatic carbocycles. The summed E-state index contributed by atoms with van der Waals surface area (Å²) in [6.45, 7) is 4.04. The van der Waals surface area contributed by atoms with Gasteiger partial charge in [-0.25, -0.2) is 0 Å². The second-order valence-corrected chi connectivity index (χ2v) is 4.43. The van der Waals surface area contributed by atoms with Gasteiger partial charge in [0.15, 0.2) is 0 Å². The topological polar surface area (TPSA) is 102 Å². The molecule has 1 aliphatic rings. The number of ether oxygens (including phenoxy) is 1. The van der Waals surface area contributed by atoms with E-state index in [9.17, 15) is 9.59 Å². The second-order valence-electron chi connectivity index (χ2n) is 4.43. The fourth-order valence-corrected chi connectivity index (χ4v) is 1.82. The number of carboxylic acid groups (broad SMARTS) is 1. The van der Waals surface area contributed by atoms with Crippen LogP contribution in [-0.4, -0.2) is 41.8 Å². The lowest BCUT2D eigenvalue weighted by Crippen LogP contribution is -2.57. The van der Waals surface area contributed by atoms with Gasteiger partial charge in [0.2, 0.25) is 5.91 Å². The molecule has 1 saturated heterocycles. The number of hydrogen-bond acceptors (Lipinski definition) is 4. The van der Waals surface area contributed by atoms with Gasteiger partial charge in [-0.3, -0.25) is 9.59 Å². The molecule has 0 aromatic heterocycles. The van der Waals surface area contributed by atoms with Crippen molar-refractivity contribution in [3.05, 3.63) is 0 Å². The van der Waals surface area contributed by atoms with Crippen molar-refractivity contribution < 1.29 is 19.4 Å². The summed E-state index contributed by atoms with van der Waals surface area (Å²) in [6, 6.07) is -0.485. The number of carbonyl (C=O) groups excluding carboxylic acids is 1. The van der Waals surface area contributed by atoms with Crippen molar-refractivity contribution in [2.45, 2.75) is 38.3 Å². The van der Waals surface area contributed by atoms with Crippen LogP contribution in [0.4, 0.5) is 0 Å². The Bertz CT molecular complexity index is 302. The predicted octanol–water partition coefficient (Wildman–Crippen LogP) is -0.280. The highest BCUT2D eigenvalue weighted by atomic mass is 16.5. The van der Waals surface area contributed by atoms with Gasteiger partial charge in [0, 0.05) is 0 Å². The van der Waals surface area contributed by atoms with Crippen LogP contribution in [0.3, 0.4) is 0 Å². The fourth-order valence-electron chi connectivity index (χ4n) is 1.82. The molecule has 6 heteroatoms. The van der Waals surface area contributed by atoms with E-state index in [4.69, 9.17) is 15.6 Å². The maximum absolute atomic E-state index is 12.0. The molecule has 6 nitrogen and oxygen atoms in total. The summed E-state index contributed by atoms with van der Waals surface area (Å²) in [4.78, 5) is 22.9. The van der Waals surface area contributed by atoms with Crippen molar-refractivity contribution in [2.24, 2.45) is 11.7 Å². The Kier molecular flexibility index (Phi) is 4.47. The molecule has 4 N–H and O–H groups in total. The molecule has 2 atom stereocenters. The van der Waals surface area contributed by atoms with Gasteiger partial charge in [-0.15, -0.1) is 0 Å². The summed E-state index contributed by atoms with van der Waals surface area (Å²) < 4.78 is 5.08.